The number of aliphatic carboxylic acids is 1. The van der Waals surface area contributed by atoms with Crippen molar-refractivity contribution in [3.8, 4) is 0 Å². The Morgan fingerprint density at radius 1 is 0.826 bits per heavy atom. The zero-order valence-electron chi connectivity index (χ0n) is 15.6. The van der Waals surface area contributed by atoms with Crippen LogP contribution in [0.5, 0.6) is 0 Å². The average molecular weight is 335 g/mol. The number of esters is 1. The molecule has 0 aliphatic heterocycles. The lowest BCUT2D eigenvalue weighted by Crippen LogP contribution is -2.16. The lowest BCUT2D eigenvalue weighted by Gasteiger charge is -2.03. The number of unbranched alkanes of at least 4 members (excludes halogenated alkanes) is 9. The Bertz CT molecular complexity index is 269. The summed E-state index contributed by atoms with van der Waals surface area (Å²) in [5.41, 5.74) is 0. The highest BCUT2D eigenvalue weighted by atomic mass is 16.6. The van der Waals surface area contributed by atoms with E-state index in [1.54, 1.807) is 0 Å². The molecular weight excluding hydrogens is 296 g/mol. The molecule has 0 heterocycles. The highest BCUT2D eigenvalue weighted by Gasteiger charge is 2.11. The summed E-state index contributed by atoms with van der Waals surface area (Å²) < 4.78 is 4.54. The number of carbonyl (C=O) groups is 2. The van der Waals surface area contributed by atoms with Gasteiger partial charge in [-0.05, 0) is 27.6 Å². The van der Waals surface area contributed by atoms with Crippen LogP contribution in [-0.4, -0.2) is 49.7 Å². The fraction of sp³-hybridized carbons (Fsp3) is 0.882. The van der Waals surface area contributed by atoms with E-state index < -0.39 is 11.9 Å². The molecule has 6 heteroatoms. The van der Waals surface area contributed by atoms with Gasteiger partial charge in [-0.25, -0.2) is 9.59 Å². The lowest BCUT2D eigenvalue weighted by molar-refractivity contribution is -0.163. The van der Waals surface area contributed by atoms with Gasteiger partial charge < -0.3 is 20.9 Å². The van der Waals surface area contributed by atoms with Gasteiger partial charge in [-0.3, -0.25) is 0 Å². The van der Waals surface area contributed by atoms with Gasteiger partial charge in [0.05, 0.1) is 6.61 Å². The molecule has 0 fully saturated rings. The molecule has 0 aliphatic carbocycles. The summed E-state index contributed by atoms with van der Waals surface area (Å²) in [6.07, 6.45) is 12.0. The number of carboxylic acid groups (broad SMARTS) is 1. The quantitative estimate of drug-likeness (QED) is 0.338. The largest absolute Gasteiger partial charge is 0.473 e. The van der Waals surface area contributed by atoms with Crippen LogP contribution >= 0.6 is 0 Å². The van der Waals surface area contributed by atoms with Gasteiger partial charge >= 0.3 is 11.9 Å². The molecule has 0 rings (SSSR count). The van der Waals surface area contributed by atoms with E-state index >= 15 is 0 Å². The Balaban J connectivity index is -0.000000712. The molecule has 0 radical (unpaired) electrons. The third kappa shape index (κ3) is 29.5. The van der Waals surface area contributed by atoms with Crippen molar-refractivity contribution in [2.75, 3.05) is 27.7 Å². The standard InChI is InChI=1S/C14H26O4.C3H9N.H3N/c1-2-3-4-5-6-7-8-9-10-11-12-18-14(17)13(15)16;1-4(2)3;/h2-12H2,1H3,(H,15,16);1-3H3;1H3. The predicted octanol–water partition coefficient (Wildman–Crippen LogP) is 3.87. The number of hydrogen-bond acceptors (Lipinski definition) is 5. The van der Waals surface area contributed by atoms with E-state index in [1.165, 1.54) is 44.9 Å². The van der Waals surface area contributed by atoms with E-state index in [4.69, 9.17) is 5.11 Å². The highest BCUT2D eigenvalue weighted by molar-refractivity contribution is 6.28. The normalized spacial score (nSPS) is 9.61. The fourth-order valence-corrected chi connectivity index (χ4v) is 1.82. The summed E-state index contributed by atoms with van der Waals surface area (Å²) in [5.74, 6) is -2.66. The topological polar surface area (TPSA) is 102 Å². The number of hydrogen-bond donors (Lipinski definition) is 2. The van der Waals surface area contributed by atoms with Crippen LogP contribution in [0.25, 0.3) is 0 Å². The first-order chi connectivity index (χ1) is 10.4. The minimum Gasteiger partial charge on any atom is -0.473 e. The van der Waals surface area contributed by atoms with Crippen molar-refractivity contribution in [2.45, 2.75) is 71.1 Å². The summed E-state index contributed by atoms with van der Waals surface area (Å²) in [6, 6.07) is 0. The highest BCUT2D eigenvalue weighted by Crippen LogP contribution is 2.10. The predicted molar refractivity (Wildman–Crippen MR) is 95.1 cm³/mol. The van der Waals surface area contributed by atoms with Crippen molar-refractivity contribution in [3.63, 3.8) is 0 Å². The van der Waals surface area contributed by atoms with Crippen LogP contribution in [0.3, 0.4) is 0 Å². The maximum Gasteiger partial charge on any atom is 0.417 e. The Morgan fingerprint density at radius 2 is 1.17 bits per heavy atom. The van der Waals surface area contributed by atoms with Crippen LogP contribution in [-0.2, 0) is 14.3 Å². The van der Waals surface area contributed by atoms with E-state index in [9.17, 15) is 9.59 Å². The molecular formula is C17H38N2O4. The second-order valence-corrected chi connectivity index (χ2v) is 5.96. The van der Waals surface area contributed by atoms with Gasteiger partial charge in [0, 0.05) is 0 Å². The van der Waals surface area contributed by atoms with Crippen molar-refractivity contribution in [1.82, 2.24) is 11.1 Å². The van der Waals surface area contributed by atoms with Gasteiger partial charge in [0.2, 0.25) is 0 Å². The van der Waals surface area contributed by atoms with Crippen molar-refractivity contribution in [2.24, 2.45) is 0 Å². The van der Waals surface area contributed by atoms with Crippen LogP contribution in [0.1, 0.15) is 71.1 Å². The molecule has 23 heavy (non-hydrogen) atoms. The van der Waals surface area contributed by atoms with Crippen LogP contribution in [0, 0.1) is 0 Å². The Hall–Kier alpha value is -1.14. The number of carbonyl (C=O) groups excluding carboxylic acids is 1. The van der Waals surface area contributed by atoms with Gasteiger partial charge in [-0.15, -0.1) is 0 Å². The summed E-state index contributed by atoms with van der Waals surface area (Å²) in [4.78, 5) is 22.7. The second-order valence-electron chi connectivity index (χ2n) is 5.96. The summed E-state index contributed by atoms with van der Waals surface area (Å²) in [7, 11) is 6.00. The van der Waals surface area contributed by atoms with E-state index in [-0.39, 0.29) is 12.8 Å². The SMILES string of the molecule is CCCCCCCCCCCCOC(=O)C(=O)O.CN(C)C.N. The molecule has 0 aromatic rings. The van der Waals surface area contributed by atoms with Crippen molar-refractivity contribution >= 4 is 11.9 Å². The van der Waals surface area contributed by atoms with Crippen LogP contribution in [0.2, 0.25) is 0 Å². The Kier molecular flexibility index (Phi) is 24.3. The molecule has 0 aromatic heterocycles. The molecule has 0 spiro atoms. The van der Waals surface area contributed by atoms with E-state index in [1.807, 2.05) is 26.0 Å². The zero-order chi connectivity index (χ0) is 17.2. The maximum absolute atomic E-state index is 10.6. The zero-order valence-corrected chi connectivity index (χ0v) is 15.6. The average Bonchev–Trinajstić information content (AvgIpc) is 2.43. The van der Waals surface area contributed by atoms with Gasteiger partial charge in [0.25, 0.3) is 0 Å². The lowest BCUT2D eigenvalue weighted by atomic mass is 10.1. The molecule has 0 bridgehead atoms. The molecule has 0 atom stereocenters. The molecule has 0 saturated heterocycles. The Labute approximate surface area is 142 Å². The molecule has 0 unspecified atom stereocenters. The first-order valence-electron chi connectivity index (χ1n) is 8.42. The third-order valence-corrected chi connectivity index (χ3v) is 2.91. The first-order valence-corrected chi connectivity index (χ1v) is 8.42. The smallest absolute Gasteiger partial charge is 0.417 e. The molecule has 140 valence electrons. The molecule has 0 saturated carbocycles. The van der Waals surface area contributed by atoms with Crippen LogP contribution < -0.4 is 6.15 Å². The van der Waals surface area contributed by atoms with Crippen LogP contribution in [0.4, 0.5) is 0 Å². The van der Waals surface area contributed by atoms with E-state index in [0.717, 1.165) is 19.3 Å². The third-order valence-electron chi connectivity index (χ3n) is 2.91. The van der Waals surface area contributed by atoms with E-state index in [0.29, 0.717) is 0 Å². The summed E-state index contributed by atoms with van der Waals surface area (Å²) in [5, 5.41) is 8.27. The van der Waals surface area contributed by atoms with Crippen molar-refractivity contribution in [3.05, 3.63) is 0 Å². The minimum atomic E-state index is -1.51. The van der Waals surface area contributed by atoms with Gasteiger partial charge in [0.1, 0.15) is 0 Å². The minimum absolute atomic E-state index is 0. The van der Waals surface area contributed by atoms with E-state index in [2.05, 4.69) is 11.7 Å². The number of nitrogens with zero attached hydrogens (tertiary/aromatic N) is 1. The molecule has 6 nitrogen and oxygen atoms in total. The molecule has 0 aromatic carbocycles. The Morgan fingerprint density at radius 3 is 1.52 bits per heavy atom. The van der Waals surface area contributed by atoms with Gasteiger partial charge in [-0.1, -0.05) is 64.7 Å². The maximum atomic E-state index is 10.6. The van der Waals surface area contributed by atoms with Crippen molar-refractivity contribution < 1.29 is 19.4 Å². The second kappa shape index (κ2) is 20.9. The fourth-order valence-electron chi connectivity index (χ4n) is 1.82. The summed E-state index contributed by atoms with van der Waals surface area (Å²) >= 11 is 0. The first kappa shape index (κ1) is 26.7. The van der Waals surface area contributed by atoms with Gasteiger partial charge in [-0.2, -0.15) is 0 Å². The molecule has 4 N–H and O–H groups in total. The monoisotopic (exact) mass is 334 g/mol. The number of ether oxygens (including phenoxy) is 1. The number of carboxylic acids is 1. The molecule has 0 amide bonds. The van der Waals surface area contributed by atoms with Gasteiger partial charge in [0.15, 0.2) is 0 Å². The summed E-state index contributed by atoms with van der Waals surface area (Å²) in [6.45, 7) is 2.44. The van der Waals surface area contributed by atoms with Crippen LogP contribution in [0.15, 0.2) is 0 Å². The molecule has 0 aliphatic rings. The van der Waals surface area contributed by atoms with Crippen molar-refractivity contribution in [1.29, 1.82) is 0 Å². The number of rotatable bonds is 11.